The van der Waals surface area contributed by atoms with Crippen molar-refractivity contribution in [3.05, 3.63) is 78.4 Å². The van der Waals surface area contributed by atoms with E-state index in [1.165, 1.54) is 16.4 Å². The second kappa shape index (κ2) is 10.5. The lowest BCUT2D eigenvalue weighted by Gasteiger charge is -2.21. The minimum Gasteiger partial charge on any atom is -0.322 e. The number of thiazole rings is 1. The number of anilines is 1. The van der Waals surface area contributed by atoms with Gasteiger partial charge in [0, 0.05) is 29.9 Å². The maximum Gasteiger partial charge on any atom is 0.255 e. The molecule has 1 N–H and O–H groups in total. The predicted octanol–water partition coefficient (Wildman–Crippen LogP) is 6.03. The molecule has 8 heteroatoms. The molecule has 0 atom stereocenters. The number of nitrogens with one attached hydrogen (secondary N) is 1. The number of para-hydroxylation sites is 1. The summed E-state index contributed by atoms with van der Waals surface area (Å²) in [7, 11) is -3.58. The third kappa shape index (κ3) is 5.19. The number of nitrogens with zero attached hydrogens (tertiary/aromatic N) is 2. The highest BCUT2D eigenvalue weighted by Gasteiger charge is 2.23. The lowest BCUT2D eigenvalue weighted by molar-refractivity contribution is 0.102. The Morgan fingerprint density at radius 2 is 1.65 bits per heavy atom. The van der Waals surface area contributed by atoms with Crippen LogP contribution in [0.15, 0.2) is 77.7 Å². The third-order valence-electron chi connectivity index (χ3n) is 5.36. The van der Waals surface area contributed by atoms with Gasteiger partial charge in [-0.25, -0.2) is 13.4 Å². The molecule has 0 spiro atoms. The second-order valence-electron chi connectivity index (χ2n) is 7.95. The van der Waals surface area contributed by atoms with Gasteiger partial charge in [-0.05, 0) is 61.4 Å². The van der Waals surface area contributed by atoms with E-state index in [1.54, 1.807) is 23.5 Å². The summed E-state index contributed by atoms with van der Waals surface area (Å²) >= 11 is 1.60. The van der Waals surface area contributed by atoms with E-state index in [2.05, 4.69) is 10.3 Å². The highest BCUT2D eigenvalue weighted by atomic mass is 32.2. The molecule has 0 radical (unpaired) electrons. The van der Waals surface area contributed by atoms with Crippen LogP contribution in [0.5, 0.6) is 0 Å². The first kappa shape index (κ1) is 24.1. The largest absolute Gasteiger partial charge is 0.322 e. The summed E-state index contributed by atoms with van der Waals surface area (Å²) in [6, 6.07) is 21.6. The molecule has 0 bridgehead atoms. The van der Waals surface area contributed by atoms with Crippen LogP contribution < -0.4 is 5.32 Å². The van der Waals surface area contributed by atoms with Crippen molar-refractivity contribution in [3.8, 4) is 10.6 Å². The molecule has 0 aliphatic carbocycles. The predicted molar refractivity (Wildman–Crippen MR) is 139 cm³/mol. The highest BCUT2D eigenvalue weighted by molar-refractivity contribution is 7.89. The molecular weight excluding hydrogens is 466 g/mol. The van der Waals surface area contributed by atoms with Crippen LogP contribution >= 0.6 is 11.3 Å². The zero-order valence-corrected chi connectivity index (χ0v) is 20.8. The summed E-state index contributed by atoms with van der Waals surface area (Å²) in [6.45, 7) is 4.86. The summed E-state index contributed by atoms with van der Waals surface area (Å²) in [5, 5.41) is 3.79. The van der Waals surface area contributed by atoms with Gasteiger partial charge in [-0.3, -0.25) is 4.79 Å². The van der Waals surface area contributed by atoms with E-state index >= 15 is 0 Å². The van der Waals surface area contributed by atoms with Crippen LogP contribution in [0, 0.1) is 0 Å². The number of amides is 1. The van der Waals surface area contributed by atoms with Gasteiger partial charge in [-0.15, -0.1) is 11.3 Å². The van der Waals surface area contributed by atoms with Crippen molar-refractivity contribution in [2.45, 2.75) is 31.6 Å². The van der Waals surface area contributed by atoms with Gasteiger partial charge in [-0.1, -0.05) is 38.1 Å². The van der Waals surface area contributed by atoms with Gasteiger partial charge in [0.25, 0.3) is 5.91 Å². The minimum absolute atomic E-state index is 0.198. The Labute approximate surface area is 204 Å². The molecule has 0 fully saturated rings. The molecule has 1 aromatic heterocycles. The molecule has 0 aliphatic rings. The number of benzene rings is 3. The first-order valence-corrected chi connectivity index (χ1v) is 13.6. The lowest BCUT2D eigenvalue weighted by atomic mass is 10.2. The topological polar surface area (TPSA) is 79.4 Å². The Hall–Kier alpha value is -3.07. The van der Waals surface area contributed by atoms with E-state index in [1.807, 2.05) is 62.4 Å². The number of aromatic nitrogens is 1. The number of carbonyl (C=O) groups excluding carboxylic acids is 1. The molecule has 176 valence electrons. The van der Waals surface area contributed by atoms with Crippen LogP contribution in [0.1, 0.15) is 37.0 Å². The smallest absolute Gasteiger partial charge is 0.255 e. The van der Waals surface area contributed by atoms with E-state index in [4.69, 9.17) is 0 Å². The SMILES string of the molecule is CCCN(CCC)S(=O)(=O)c1ccc(C(=O)Nc2cccc(-c3nc4ccccc4s3)c2)cc1. The fraction of sp³-hybridized carbons (Fsp3) is 0.231. The minimum atomic E-state index is -3.58. The van der Waals surface area contributed by atoms with Crippen molar-refractivity contribution in [1.82, 2.24) is 9.29 Å². The Morgan fingerprint density at radius 3 is 2.32 bits per heavy atom. The molecule has 3 aromatic carbocycles. The second-order valence-corrected chi connectivity index (χ2v) is 10.9. The van der Waals surface area contributed by atoms with E-state index < -0.39 is 10.0 Å². The summed E-state index contributed by atoms with van der Waals surface area (Å²) in [4.78, 5) is 17.7. The number of fused-ring (bicyclic) bond motifs is 1. The molecule has 0 saturated carbocycles. The van der Waals surface area contributed by atoms with Gasteiger partial charge in [-0.2, -0.15) is 4.31 Å². The fourth-order valence-corrected chi connectivity index (χ4v) is 6.29. The molecule has 6 nitrogen and oxygen atoms in total. The lowest BCUT2D eigenvalue weighted by Crippen LogP contribution is -2.32. The van der Waals surface area contributed by atoms with E-state index in [0.717, 1.165) is 33.6 Å². The van der Waals surface area contributed by atoms with Crippen LogP contribution in [0.2, 0.25) is 0 Å². The van der Waals surface area contributed by atoms with Gasteiger partial charge in [0.1, 0.15) is 5.01 Å². The average Bonchev–Trinajstić information content (AvgIpc) is 3.29. The summed E-state index contributed by atoms with van der Waals surface area (Å²) in [5.41, 5.74) is 2.91. The summed E-state index contributed by atoms with van der Waals surface area (Å²) in [6.07, 6.45) is 1.49. The maximum atomic E-state index is 12.9. The number of hydrogen-bond donors (Lipinski definition) is 1. The van der Waals surface area contributed by atoms with E-state index in [0.29, 0.717) is 24.3 Å². The van der Waals surface area contributed by atoms with Crippen LogP contribution in [0.3, 0.4) is 0 Å². The normalized spacial score (nSPS) is 11.7. The zero-order valence-electron chi connectivity index (χ0n) is 19.2. The van der Waals surface area contributed by atoms with Gasteiger partial charge < -0.3 is 5.32 Å². The monoisotopic (exact) mass is 493 g/mol. The van der Waals surface area contributed by atoms with Crippen molar-refractivity contribution in [1.29, 1.82) is 0 Å². The van der Waals surface area contributed by atoms with Gasteiger partial charge >= 0.3 is 0 Å². The Balaban J connectivity index is 1.50. The first-order valence-electron chi connectivity index (χ1n) is 11.3. The number of hydrogen-bond acceptors (Lipinski definition) is 5. The Bertz CT molecular complexity index is 1360. The van der Waals surface area contributed by atoms with Crippen molar-refractivity contribution in [3.63, 3.8) is 0 Å². The van der Waals surface area contributed by atoms with Crippen LogP contribution in [-0.2, 0) is 10.0 Å². The molecule has 0 unspecified atom stereocenters. The molecule has 1 amide bonds. The first-order chi connectivity index (χ1) is 16.4. The van der Waals surface area contributed by atoms with Crippen LogP contribution in [-0.4, -0.2) is 36.7 Å². The quantitative estimate of drug-likeness (QED) is 0.309. The fourth-order valence-electron chi connectivity index (χ4n) is 3.71. The third-order valence-corrected chi connectivity index (χ3v) is 8.36. The number of carbonyl (C=O) groups is 1. The molecule has 4 aromatic rings. The molecule has 0 aliphatic heterocycles. The summed E-state index contributed by atoms with van der Waals surface area (Å²) in [5.74, 6) is -0.302. The summed E-state index contributed by atoms with van der Waals surface area (Å²) < 4.78 is 28.5. The molecule has 4 rings (SSSR count). The van der Waals surface area contributed by atoms with Crippen molar-refractivity contribution < 1.29 is 13.2 Å². The standard InChI is InChI=1S/C26H27N3O3S2/c1-3-16-29(17-4-2)34(31,32)22-14-12-19(13-15-22)25(30)27-21-9-7-8-20(18-21)26-28-23-10-5-6-11-24(23)33-26/h5-15,18H,3-4,16-17H2,1-2H3,(H,27,30). The molecular formula is C26H27N3O3S2. The highest BCUT2D eigenvalue weighted by Crippen LogP contribution is 2.31. The molecule has 34 heavy (non-hydrogen) atoms. The van der Waals surface area contributed by atoms with E-state index in [-0.39, 0.29) is 10.8 Å². The van der Waals surface area contributed by atoms with Crippen LogP contribution in [0.4, 0.5) is 5.69 Å². The van der Waals surface area contributed by atoms with Crippen LogP contribution in [0.25, 0.3) is 20.8 Å². The van der Waals surface area contributed by atoms with E-state index in [9.17, 15) is 13.2 Å². The Kier molecular flexibility index (Phi) is 7.41. The van der Waals surface area contributed by atoms with Gasteiger partial charge in [0.15, 0.2) is 0 Å². The number of rotatable bonds is 9. The van der Waals surface area contributed by atoms with Crippen molar-refractivity contribution in [2.75, 3.05) is 18.4 Å². The van der Waals surface area contributed by atoms with Gasteiger partial charge in [0.2, 0.25) is 10.0 Å². The molecule has 0 saturated heterocycles. The molecule has 1 heterocycles. The van der Waals surface area contributed by atoms with Gasteiger partial charge in [0.05, 0.1) is 15.1 Å². The average molecular weight is 494 g/mol. The van der Waals surface area contributed by atoms with Crippen molar-refractivity contribution >= 4 is 43.2 Å². The Morgan fingerprint density at radius 1 is 0.941 bits per heavy atom. The van der Waals surface area contributed by atoms with Crippen molar-refractivity contribution in [2.24, 2.45) is 0 Å². The number of sulfonamides is 1. The maximum absolute atomic E-state index is 12.9. The zero-order chi connectivity index (χ0) is 24.1.